The van der Waals surface area contributed by atoms with Crippen LogP contribution in [0.15, 0.2) is 47.8 Å². The van der Waals surface area contributed by atoms with Crippen molar-refractivity contribution in [3.8, 4) is 0 Å². The maximum absolute atomic E-state index is 11.6. The Kier molecular flexibility index (Phi) is 5.58. The van der Waals surface area contributed by atoms with Crippen LogP contribution in [-0.4, -0.2) is 17.7 Å². The summed E-state index contributed by atoms with van der Waals surface area (Å²) in [4.78, 5) is 12.5. The van der Waals surface area contributed by atoms with Crippen molar-refractivity contribution in [1.82, 2.24) is 10.6 Å². The van der Waals surface area contributed by atoms with E-state index in [1.807, 2.05) is 47.8 Å². The molecule has 0 aliphatic rings. The van der Waals surface area contributed by atoms with Gasteiger partial charge < -0.3 is 15.7 Å². The molecular formula is C15H18N2O2S. The monoisotopic (exact) mass is 290 g/mol. The lowest BCUT2D eigenvalue weighted by Gasteiger charge is -2.10. The number of aliphatic hydroxyl groups excluding tert-OH is 1. The van der Waals surface area contributed by atoms with Crippen LogP contribution in [-0.2, 0) is 6.54 Å². The second kappa shape index (κ2) is 7.67. The molecule has 0 radical (unpaired) electrons. The highest BCUT2D eigenvalue weighted by Gasteiger charge is 2.08. The van der Waals surface area contributed by atoms with E-state index in [4.69, 9.17) is 0 Å². The van der Waals surface area contributed by atoms with Gasteiger partial charge in [-0.25, -0.2) is 4.79 Å². The summed E-state index contributed by atoms with van der Waals surface area (Å²) in [5.74, 6) is 0. The Bertz CT molecular complexity index is 514. The summed E-state index contributed by atoms with van der Waals surface area (Å²) < 4.78 is 0. The van der Waals surface area contributed by atoms with Crippen molar-refractivity contribution >= 4 is 17.4 Å². The van der Waals surface area contributed by atoms with Crippen molar-refractivity contribution < 1.29 is 9.90 Å². The van der Waals surface area contributed by atoms with Crippen LogP contribution in [0.5, 0.6) is 0 Å². The van der Waals surface area contributed by atoms with Crippen LogP contribution >= 0.6 is 11.3 Å². The highest BCUT2D eigenvalue weighted by molar-refractivity contribution is 7.10. The number of carbonyl (C=O) groups is 1. The van der Waals surface area contributed by atoms with Crippen molar-refractivity contribution in [2.24, 2.45) is 0 Å². The Labute approximate surface area is 122 Å². The molecule has 1 atom stereocenters. The van der Waals surface area contributed by atoms with Gasteiger partial charge in [-0.3, -0.25) is 0 Å². The number of nitrogens with one attached hydrogen (secondary N) is 2. The summed E-state index contributed by atoms with van der Waals surface area (Å²) in [7, 11) is 0. The molecule has 1 aromatic carbocycles. The summed E-state index contributed by atoms with van der Waals surface area (Å²) in [5.41, 5.74) is 1.06. The number of benzene rings is 1. The number of amides is 2. The first kappa shape index (κ1) is 14.6. The van der Waals surface area contributed by atoms with Crippen molar-refractivity contribution in [1.29, 1.82) is 0 Å². The topological polar surface area (TPSA) is 61.4 Å². The number of thiophene rings is 1. The Morgan fingerprint density at radius 2 is 1.95 bits per heavy atom. The van der Waals surface area contributed by atoms with Gasteiger partial charge in [-0.1, -0.05) is 36.4 Å². The molecule has 2 rings (SSSR count). The van der Waals surface area contributed by atoms with E-state index in [1.54, 1.807) is 0 Å². The average molecular weight is 290 g/mol. The molecule has 1 aromatic heterocycles. The maximum Gasteiger partial charge on any atom is 0.315 e. The zero-order valence-electron chi connectivity index (χ0n) is 11.1. The molecule has 1 unspecified atom stereocenters. The zero-order valence-corrected chi connectivity index (χ0v) is 11.9. The Morgan fingerprint density at radius 3 is 2.65 bits per heavy atom. The van der Waals surface area contributed by atoms with Crippen LogP contribution < -0.4 is 10.6 Å². The molecule has 3 N–H and O–H groups in total. The van der Waals surface area contributed by atoms with Crippen molar-refractivity contribution in [2.45, 2.75) is 19.1 Å². The molecule has 5 heteroatoms. The molecule has 0 aliphatic heterocycles. The molecule has 2 amide bonds. The standard InChI is InChI=1S/C15H18N2O2S/c18-13(14-7-4-10-20-14)8-9-16-15(19)17-11-12-5-2-1-3-6-12/h1-7,10,13,18H,8-9,11H2,(H2,16,17,19). The number of hydrogen-bond donors (Lipinski definition) is 3. The minimum absolute atomic E-state index is 0.216. The number of rotatable bonds is 6. The molecule has 0 saturated heterocycles. The van der Waals surface area contributed by atoms with E-state index in [0.717, 1.165) is 10.4 Å². The number of urea groups is 1. The first-order valence-electron chi connectivity index (χ1n) is 6.53. The number of carbonyl (C=O) groups excluding carboxylic acids is 1. The van der Waals surface area contributed by atoms with E-state index >= 15 is 0 Å². The predicted molar refractivity (Wildman–Crippen MR) is 80.6 cm³/mol. The second-order valence-corrected chi connectivity index (χ2v) is 5.39. The molecule has 0 saturated carbocycles. The van der Waals surface area contributed by atoms with Crippen LogP contribution in [0.3, 0.4) is 0 Å². The molecule has 4 nitrogen and oxygen atoms in total. The van der Waals surface area contributed by atoms with Crippen molar-refractivity contribution in [2.75, 3.05) is 6.54 Å². The van der Waals surface area contributed by atoms with Crippen molar-refractivity contribution in [3.63, 3.8) is 0 Å². The lowest BCUT2D eigenvalue weighted by Crippen LogP contribution is -2.35. The fourth-order valence-electron chi connectivity index (χ4n) is 1.79. The van der Waals surface area contributed by atoms with Crippen molar-refractivity contribution in [3.05, 3.63) is 58.3 Å². The molecule has 106 valence electrons. The molecule has 20 heavy (non-hydrogen) atoms. The zero-order chi connectivity index (χ0) is 14.2. The minimum atomic E-state index is -0.510. The van der Waals surface area contributed by atoms with Gasteiger partial charge in [0, 0.05) is 18.0 Å². The lowest BCUT2D eigenvalue weighted by atomic mass is 10.2. The van der Waals surface area contributed by atoms with Gasteiger partial charge in [0.2, 0.25) is 0 Å². The third-order valence-corrected chi connectivity index (χ3v) is 3.84. The molecule has 1 heterocycles. The Morgan fingerprint density at radius 1 is 1.15 bits per heavy atom. The van der Waals surface area contributed by atoms with Crippen LogP contribution in [0.4, 0.5) is 4.79 Å². The van der Waals surface area contributed by atoms with E-state index in [2.05, 4.69) is 10.6 Å². The smallest absolute Gasteiger partial charge is 0.315 e. The van der Waals surface area contributed by atoms with Gasteiger partial charge in [0.1, 0.15) is 0 Å². The summed E-state index contributed by atoms with van der Waals surface area (Å²) in [5, 5.41) is 17.3. The molecule has 0 aliphatic carbocycles. The molecule has 2 aromatic rings. The fraction of sp³-hybridized carbons (Fsp3) is 0.267. The van der Waals surface area contributed by atoms with Crippen LogP contribution in [0.25, 0.3) is 0 Å². The van der Waals surface area contributed by atoms with E-state index in [9.17, 15) is 9.90 Å². The quantitative estimate of drug-likeness (QED) is 0.766. The van der Waals surface area contributed by atoms with E-state index < -0.39 is 6.10 Å². The largest absolute Gasteiger partial charge is 0.388 e. The summed E-state index contributed by atoms with van der Waals surface area (Å²) in [6.07, 6.45) is 0.00337. The van der Waals surface area contributed by atoms with Gasteiger partial charge in [0.15, 0.2) is 0 Å². The third kappa shape index (κ3) is 4.68. The summed E-state index contributed by atoms with van der Waals surface area (Å²) in [6.45, 7) is 0.944. The summed E-state index contributed by atoms with van der Waals surface area (Å²) in [6, 6.07) is 13.3. The maximum atomic E-state index is 11.6. The minimum Gasteiger partial charge on any atom is -0.388 e. The summed E-state index contributed by atoms with van der Waals surface area (Å²) >= 11 is 1.52. The Balaban J connectivity index is 1.63. The predicted octanol–water partition coefficient (Wildman–Crippen LogP) is 2.67. The van der Waals surface area contributed by atoms with Gasteiger partial charge in [-0.05, 0) is 23.4 Å². The first-order chi connectivity index (χ1) is 9.75. The average Bonchev–Trinajstić information content (AvgIpc) is 3.00. The van der Waals surface area contributed by atoms with Crippen LogP contribution in [0, 0.1) is 0 Å². The van der Waals surface area contributed by atoms with E-state index in [-0.39, 0.29) is 6.03 Å². The molecule has 0 fully saturated rings. The highest BCUT2D eigenvalue weighted by atomic mass is 32.1. The lowest BCUT2D eigenvalue weighted by molar-refractivity contribution is 0.170. The van der Waals surface area contributed by atoms with Gasteiger partial charge in [0.25, 0.3) is 0 Å². The first-order valence-corrected chi connectivity index (χ1v) is 7.41. The molecule has 0 bridgehead atoms. The van der Waals surface area contributed by atoms with Gasteiger partial charge in [0.05, 0.1) is 6.10 Å². The highest BCUT2D eigenvalue weighted by Crippen LogP contribution is 2.20. The van der Waals surface area contributed by atoms with E-state index in [1.165, 1.54) is 11.3 Å². The van der Waals surface area contributed by atoms with Gasteiger partial charge in [-0.2, -0.15) is 0 Å². The van der Waals surface area contributed by atoms with Gasteiger partial charge in [-0.15, -0.1) is 11.3 Å². The molecular weight excluding hydrogens is 272 g/mol. The van der Waals surface area contributed by atoms with Crippen LogP contribution in [0.2, 0.25) is 0 Å². The third-order valence-electron chi connectivity index (χ3n) is 2.87. The number of aliphatic hydroxyl groups is 1. The van der Waals surface area contributed by atoms with Gasteiger partial charge >= 0.3 is 6.03 Å². The second-order valence-electron chi connectivity index (χ2n) is 4.41. The SMILES string of the molecule is O=C(NCCC(O)c1cccs1)NCc1ccccc1. The Hall–Kier alpha value is -1.85. The number of hydrogen-bond acceptors (Lipinski definition) is 3. The fourth-order valence-corrected chi connectivity index (χ4v) is 2.53. The molecule has 0 spiro atoms. The van der Waals surface area contributed by atoms with E-state index in [0.29, 0.717) is 19.5 Å². The van der Waals surface area contributed by atoms with Crippen LogP contribution in [0.1, 0.15) is 23.0 Å². The normalized spacial score (nSPS) is 11.8.